The third kappa shape index (κ3) is 4.82. The van der Waals surface area contributed by atoms with Crippen molar-refractivity contribution < 1.29 is 9.32 Å². The van der Waals surface area contributed by atoms with E-state index in [1.807, 2.05) is 19.1 Å². The van der Waals surface area contributed by atoms with Crippen molar-refractivity contribution in [3.8, 4) is 11.4 Å². The van der Waals surface area contributed by atoms with Gasteiger partial charge in [-0.25, -0.2) is 0 Å². The van der Waals surface area contributed by atoms with E-state index in [9.17, 15) is 4.79 Å². The van der Waals surface area contributed by atoms with Gasteiger partial charge in [0.1, 0.15) is 0 Å². The summed E-state index contributed by atoms with van der Waals surface area (Å²) in [5, 5.41) is 7.40. The summed E-state index contributed by atoms with van der Waals surface area (Å²) in [6, 6.07) is 7.20. The SMILES string of the molecule is C[C@@H](CN)NC(=O)CCCc1nc(-c2ccc(Cl)cc2)no1. The Labute approximate surface area is 134 Å². The molecule has 1 aromatic heterocycles. The van der Waals surface area contributed by atoms with Crippen molar-refractivity contribution in [1.29, 1.82) is 0 Å². The van der Waals surface area contributed by atoms with Gasteiger partial charge < -0.3 is 15.6 Å². The molecule has 6 nitrogen and oxygen atoms in total. The van der Waals surface area contributed by atoms with E-state index in [0.717, 1.165) is 5.56 Å². The van der Waals surface area contributed by atoms with Gasteiger partial charge in [-0.05, 0) is 37.6 Å². The van der Waals surface area contributed by atoms with Crippen molar-refractivity contribution in [3.05, 3.63) is 35.2 Å². The average molecular weight is 323 g/mol. The molecule has 0 saturated carbocycles. The number of halogens is 1. The number of amides is 1. The number of rotatable bonds is 7. The van der Waals surface area contributed by atoms with E-state index in [1.165, 1.54) is 0 Å². The summed E-state index contributed by atoms with van der Waals surface area (Å²) in [5.41, 5.74) is 6.29. The smallest absolute Gasteiger partial charge is 0.226 e. The molecule has 1 atom stereocenters. The summed E-state index contributed by atoms with van der Waals surface area (Å²) in [6.45, 7) is 2.30. The zero-order chi connectivity index (χ0) is 15.9. The summed E-state index contributed by atoms with van der Waals surface area (Å²) < 4.78 is 5.19. The molecule has 1 aromatic carbocycles. The van der Waals surface area contributed by atoms with Crippen LogP contribution in [-0.2, 0) is 11.2 Å². The van der Waals surface area contributed by atoms with E-state index in [2.05, 4.69) is 15.5 Å². The molecule has 0 fully saturated rings. The van der Waals surface area contributed by atoms with Crippen LogP contribution in [0.2, 0.25) is 5.02 Å². The third-order valence-electron chi connectivity index (χ3n) is 3.13. The molecule has 0 unspecified atom stereocenters. The van der Waals surface area contributed by atoms with E-state index >= 15 is 0 Å². The van der Waals surface area contributed by atoms with Crippen molar-refractivity contribution >= 4 is 17.5 Å². The van der Waals surface area contributed by atoms with Crippen molar-refractivity contribution in [2.75, 3.05) is 6.54 Å². The van der Waals surface area contributed by atoms with E-state index < -0.39 is 0 Å². The number of nitrogens with one attached hydrogen (secondary N) is 1. The zero-order valence-corrected chi connectivity index (χ0v) is 13.1. The highest BCUT2D eigenvalue weighted by atomic mass is 35.5. The molecule has 0 radical (unpaired) electrons. The van der Waals surface area contributed by atoms with Crippen LogP contribution in [0.15, 0.2) is 28.8 Å². The minimum Gasteiger partial charge on any atom is -0.352 e. The first-order chi connectivity index (χ1) is 10.6. The second kappa shape index (κ2) is 7.91. The van der Waals surface area contributed by atoms with Crippen molar-refractivity contribution in [1.82, 2.24) is 15.5 Å². The first-order valence-corrected chi connectivity index (χ1v) is 7.54. The van der Waals surface area contributed by atoms with Crippen LogP contribution in [-0.4, -0.2) is 28.6 Å². The number of aryl methyl sites for hydroxylation is 1. The molecule has 0 spiro atoms. The fourth-order valence-electron chi connectivity index (χ4n) is 1.88. The van der Waals surface area contributed by atoms with Gasteiger partial charge in [0.25, 0.3) is 0 Å². The van der Waals surface area contributed by atoms with Gasteiger partial charge in [0.05, 0.1) is 0 Å². The number of benzene rings is 1. The van der Waals surface area contributed by atoms with E-state index in [1.54, 1.807) is 12.1 Å². The fraction of sp³-hybridized carbons (Fsp3) is 0.400. The first kappa shape index (κ1) is 16.5. The molecule has 118 valence electrons. The second-order valence-corrected chi connectivity index (χ2v) is 5.51. The fourth-order valence-corrected chi connectivity index (χ4v) is 2.00. The highest BCUT2D eigenvalue weighted by Crippen LogP contribution is 2.19. The molecule has 3 N–H and O–H groups in total. The van der Waals surface area contributed by atoms with Crippen LogP contribution in [0.1, 0.15) is 25.7 Å². The van der Waals surface area contributed by atoms with Gasteiger partial charge in [0, 0.05) is 36.0 Å². The number of nitrogens with zero attached hydrogens (tertiary/aromatic N) is 2. The Bertz CT molecular complexity index is 612. The molecule has 7 heteroatoms. The molecule has 1 heterocycles. The van der Waals surface area contributed by atoms with Gasteiger partial charge in [-0.15, -0.1) is 0 Å². The molecule has 2 rings (SSSR count). The summed E-state index contributed by atoms with van der Waals surface area (Å²) >= 11 is 5.84. The van der Waals surface area contributed by atoms with E-state index in [4.69, 9.17) is 21.9 Å². The summed E-state index contributed by atoms with van der Waals surface area (Å²) in [4.78, 5) is 15.9. The lowest BCUT2D eigenvalue weighted by Crippen LogP contribution is -2.37. The Kier molecular flexibility index (Phi) is 5.91. The van der Waals surface area contributed by atoms with Crippen LogP contribution < -0.4 is 11.1 Å². The van der Waals surface area contributed by atoms with Gasteiger partial charge in [0.15, 0.2) is 0 Å². The number of carbonyl (C=O) groups is 1. The zero-order valence-electron chi connectivity index (χ0n) is 12.4. The van der Waals surface area contributed by atoms with Gasteiger partial charge >= 0.3 is 0 Å². The number of hydrogen-bond acceptors (Lipinski definition) is 5. The van der Waals surface area contributed by atoms with Crippen LogP contribution in [0, 0.1) is 0 Å². The molecule has 0 bridgehead atoms. The predicted octanol–water partition coefficient (Wildman–Crippen LogP) is 2.18. The number of hydrogen-bond donors (Lipinski definition) is 2. The molecule has 1 amide bonds. The molecule has 0 aliphatic carbocycles. The monoisotopic (exact) mass is 322 g/mol. The highest BCUT2D eigenvalue weighted by Gasteiger charge is 2.10. The van der Waals surface area contributed by atoms with Gasteiger partial charge in [-0.2, -0.15) is 4.98 Å². The Hall–Kier alpha value is -1.92. The quantitative estimate of drug-likeness (QED) is 0.814. The Balaban J connectivity index is 1.82. The molecule has 0 saturated heterocycles. The van der Waals surface area contributed by atoms with Crippen LogP contribution >= 0.6 is 11.6 Å². The van der Waals surface area contributed by atoms with E-state index in [0.29, 0.717) is 42.5 Å². The van der Waals surface area contributed by atoms with Crippen LogP contribution in [0.4, 0.5) is 0 Å². The van der Waals surface area contributed by atoms with Crippen molar-refractivity contribution in [3.63, 3.8) is 0 Å². The van der Waals surface area contributed by atoms with Crippen LogP contribution in [0.5, 0.6) is 0 Å². The van der Waals surface area contributed by atoms with Gasteiger partial charge in [-0.3, -0.25) is 4.79 Å². The highest BCUT2D eigenvalue weighted by molar-refractivity contribution is 6.30. The predicted molar refractivity (Wildman–Crippen MR) is 84.3 cm³/mol. The third-order valence-corrected chi connectivity index (χ3v) is 3.38. The topological polar surface area (TPSA) is 94.0 Å². The Morgan fingerprint density at radius 1 is 1.41 bits per heavy atom. The lowest BCUT2D eigenvalue weighted by Gasteiger charge is -2.10. The van der Waals surface area contributed by atoms with Crippen molar-refractivity contribution in [2.24, 2.45) is 5.73 Å². The van der Waals surface area contributed by atoms with Crippen molar-refractivity contribution in [2.45, 2.75) is 32.2 Å². The normalized spacial score (nSPS) is 12.1. The Morgan fingerprint density at radius 2 is 2.14 bits per heavy atom. The molecule has 2 aromatic rings. The van der Waals surface area contributed by atoms with Gasteiger partial charge in [-0.1, -0.05) is 16.8 Å². The summed E-state index contributed by atoms with van der Waals surface area (Å²) in [7, 11) is 0. The second-order valence-electron chi connectivity index (χ2n) is 5.08. The summed E-state index contributed by atoms with van der Waals surface area (Å²) in [5.74, 6) is 1.02. The van der Waals surface area contributed by atoms with Crippen LogP contribution in [0.3, 0.4) is 0 Å². The molecule has 0 aliphatic heterocycles. The largest absolute Gasteiger partial charge is 0.352 e. The standard InChI is InChI=1S/C15H19ClN4O2/c1-10(9-17)18-13(21)3-2-4-14-19-15(20-22-14)11-5-7-12(16)8-6-11/h5-8,10H,2-4,9,17H2,1H3,(H,18,21)/t10-/m0/s1. The summed E-state index contributed by atoms with van der Waals surface area (Å²) in [6.07, 6.45) is 1.61. The Morgan fingerprint density at radius 3 is 2.82 bits per heavy atom. The maximum Gasteiger partial charge on any atom is 0.226 e. The number of nitrogens with two attached hydrogens (primary N) is 1. The lowest BCUT2D eigenvalue weighted by molar-refractivity contribution is -0.121. The van der Waals surface area contributed by atoms with E-state index in [-0.39, 0.29) is 11.9 Å². The first-order valence-electron chi connectivity index (χ1n) is 7.16. The maximum atomic E-state index is 11.6. The van der Waals surface area contributed by atoms with Gasteiger partial charge in [0.2, 0.25) is 17.6 Å². The molecule has 22 heavy (non-hydrogen) atoms. The minimum absolute atomic E-state index is 0.00703. The maximum absolute atomic E-state index is 11.6. The number of carbonyl (C=O) groups excluding carboxylic acids is 1. The van der Waals surface area contributed by atoms with Crippen LogP contribution in [0.25, 0.3) is 11.4 Å². The lowest BCUT2D eigenvalue weighted by atomic mass is 10.2. The molecular formula is C15H19ClN4O2. The minimum atomic E-state index is -0.0182. The average Bonchev–Trinajstić information content (AvgIpc) is 2.96. The number of aromatic nitrogens is 2. The molecular weight excluding hydrogens is 304 g/mol. The molecule has 0 aliphatic rings.